The molecule has 0 saturated heterocycles. The van der Waals surface area contributed by atoms with Gasteiger partial charge in [-0.1, -0.05) is 37.7 Å². The summed E-state index contributed by atoms with van der Waals surface area (Å²) in [5.74, 6) is 0.373. The van der Waals surface area contributed by atoms with E-state index in [0.29, 0.717) is 34.1 Å². The summed E-state index contributed by atoms with van der Waals surface area (Å²) >= 11 is 1.16. The van der Waals surface area contributed by atoms with Gasteiger partial charge in [-0.2, -0.15) is 5.26 Å². The van der Waals surface area contributed by atoms with E-state index in [9.17, 15) is 14.9 Å². The van der Waals surface area contributed by atoms with Crippen LogP contribution in [0.2, 0.25) is 0 Å². The molecule has 3 rings (SSSR count). The van der Waals surface area contributed by atoms with E-state index in [0.717, 1.165) is 11.8 Å². The fraction of sp³-hybridized carbons (Fsp3) is 0.333. The Bertz CT molecular complexity index is 1210. The molecule has 1 heterocycles. The van der Waals surface area contributed by atoms with Crippen LogP contribution in [0.25, 0.3) is 16.6 Å². The van der Waals surface area contributed by atoms with Crippen LogP contribution in [0, 0.1) is 17.2 Å². The zero-order chi connectivity index (χ0) is 23.3. The number of carbonyl (C=O) groups is 1. The van der Waals surface area contributed by atoms with Crippen molar-refractivity contribution in [2.45, 2.75) is 38.4 Å². The Hall–Kier alpha value is -3.31. The van der Waals surface area contributed by atoms with Crippen LogP contribution in [0.15, 0.2) is 58.5 Å². The number of benzene rings is 2. The quantitative estimate of drug-likeness (QED) is 0.413. The first kappa shape index (κ1) is 23.4. The number of thioether (sulfide) groups is 1. The molecule has 0 aliphatic rings. The van der Waals surface area contributed by atoms with Crippen molar-refractivity contribution in [2.75, 3.05) is 12.4 Å². The number of rotatable bonds is 8. The van der Waals surface area contributed by atoms with E-state index in [1.54, 1.807) is 49.4 Å². The van der Waals surface area contributed by atoms with Crippen LogP contribution in [-0.2, 0) is 4.79 Å². The van der Waals surface area contributed by atoms with E-state index < -0.39 is 5.54 Å². The molecule has 1 atom stereocenters. The summed E-state index contributed by atoms with van der Waals surface area (Å²) in [6, 6.07) is 16.5. The van der Waals surface area contributed by atoms with Crippen LogP contribution < -0.4 is 15.6 Å². The van der Waals surface area contributed by atoms with Gasteiger partial charge in [0.15, 0.2) is 5.16 Å². The monoisotopic (exact) mass is 450 g/mol. The molecule has 8 heteroatoms. The Morgan fingerprint density at radius 3 is 2.56 bits per heavy atom. The molecule has 7 nitrogen and oxygen atoms in total. The van der Waals surface area contributed by atoms with Gasteiger partial charge in [0.1, 0.15) is 11.3 Å². The molecule has 32 heavy (non-hydrogen) atoms. The zero-order valence-electron chi connectivity index (χ0n) is 18.6. The molecule has 1 aromatic heterocycles. The lowest BCUT2D eigenvalue weighted by molar-refractivity contribution is -0.120. The molecule has 3 aromatic rings. The maximum absolute atomic E-state index is 13.3. The van der Waals surface area contributed by atoms with Crippen LogP contribution in [0.5, 0.6) is 5.75 Å². The van der Waals surface area contributed by atoms with Crippen molar-refractivity contribution in [3.05, 3.63) is 58.9 Å². The third-order valence-corrected chi connectivity index (χ3v) is 6.21. The van der Waals surface area contributed by atoms with Crippen molar-refractivity contribution in [1.29, 1.82) is 5.26 Å². The summed E-state index contributed by atoms with van der Waals surface area (Å²) < 4.78 is 7.00. The van der Waals surface area contributed by atoms with Gasteiger partial charge in [0.05, 0.1) is 35.0 Å². The second-order valence-electron chi connectivity index (χ2n) is 7.78. The summed E-state index contributed by atoms with van der Waals surface area (Å²) in [4.78, 5) is 30.5. The predicted octanol–water partition coefficient (Wildman–Crippen LogP) is 3.93. The van der Waals surface area contributed by atoms with Gasteiger partial charge in [-0.25, -0.2) is 4.98 Å². The molecule has 0 fully saturated rings. The Kier molecular flexibility index (Phi) is 7.21. The van der Waals surface area contributed by atoms with Gasteiger partial charge < -0.3 is 10.1 Å². The summed E-state index contributed by atoms with van der Waals surface area (Å²) in [6.45, 7) is 7.91. The third kappa shape index (κ3) is 4.94. The van der Waals surface area contributed by atoms with Crippen molar-refractivity contribution in [2.24, 2.45) is 5.92 Å². The molecular weight excluding hydrogens is 424 g/mol. The molecule has 0 aliphatic heterocycles. The van der Waals surface area contributed by atoms with Crippen LogP contribution in [-0.4, -0.2) is 33.4 Å². The number of hydrogen-bond acceptors (Lipinski definition) is 6. The average Bonchev–Trinajstić information content (AvgIpc) is 2.78. The van der Waals surface area contributed by atoms with E-state index >= 15 is 0 Å². The number of ether oxygens (including phenoxy) is 1. The highest BCUT2D eigenvalue weighted by Crippen LogP contribution is 2.23. The normalized spacial score (nSPS) is 12.9. The van der Waals surface area contributed by atoms with Gasteiger partial charge in [-0.15, -0.1) is 0 Å². The molecule has 0 saturated carbocycles. The van der Waals surface area contributed by atoms with E-state index in [1.807, 2.05) is 26.8 Å². The Morgan fingerprint density at radius 2 is 1.94 bits per heavy atom. The highest BCUT2D eigenvalue weighted by molar-refractivity contribution is 7.99. The molecule has 0 bridgehead atoms. The summed E-state index contributed by atoms with van der Waals surface area (Å²) in [6.07, 6.45) is 0. The van der Waals surface area contributed by atoms with E-state index in [4.69, 9.17) is 4.74 Å². The molecule has 0 radical (unpaired) electrons. The molecule has 166 valence electrons. The first-order chi connectivity index (χ1) is 15.3. The standard InChI is InChI=1S/C24H26N4O3S/c1-5-31-18-12-10-17(11-13-18)28-22(30)19-8-6-7-9-20(19)26-23(28)32-14-21(29)27-24(4,15-25)16(2)3/h6-13,16H,5,14H2,1-4H3,(H,27,29)/t24-/m1/s1. The number of amides is 1. The minimum Gasteiger partial charge on any atom is -0.494 e. The number of fused-ring (bicyclic) bond motifs is 1. The highest BCUT2D eigenvalue weighted by Gasteiger charge is 2.30. The second-order valence-corrected chi connectivity index (χ2v) is 8.73. The van der Waals surface area contributed by atoms with Crippen LogP contribution >= 0.6 is 11.8 Å². The van der Waals surface area contributed by atoms with Crippen LogP contribution in [0.3, 0.4) is 0 Å². The maximum atomic E-state index is 13.3. The number of nitrogens with zero attached hydrogens (tertiary/aromatic N) is 3. The minimum atomic E-state index is -0.969. The van der Waals surface area contributed by atoms with Gasteiger partial charge >= 0.3 is 0 Å². The van der Waals surface area contributed by atoms with Crippen molar-refractivity contribution in [1.82, 2.24) is 14.9 Å². The van der Waals surface area contributed by atoms with Crippen molar-refractivity contribution >= 4 is 28.6 Å². The van der Waals surface area contributed by atoms with Gasteiger partial charge in [-0.05, 0) is 56.2 Å². The molecule has 1 N–H and O–H groups in total. The smallest absolute Gasteiger partial charge is 0.266 e. The summed E-state index contributed by atoms with van der Waals surface area (Å²) in [5.41, 5.74) is 0.00507. The first-order valence-corrected chi connectivity index (χ1v) is 11.4. The lowest BCUT2D eigenvalue weighted by atomic mass is 9.90. The molecule has 0 spiro atoms. The fourth-order valence-electron chi connectivity index (χ4n) is 3.05. The van der Waals surface area contributed by atoms with Gasteiger partial charge in [0.25, 0.3) is 5.56 Å². The fourth-order valence-corrected chi connectivity index (χ4v) is 3.86. The van der Waals surface area contributed by atoms with E-state index in [1.165, 1.54) is 4.57 Å². The average molecular weight is 451 g/mol. The topological polar surface area (TPSA) is 97.0 Å². The number of aromatic nitrogens is 2. The molecule has 0 unspecified atom stereocenters. The van der Waals surface area contributed by atoms with Crippen molar-refractivity contribution in [3.63, 3.8) is 0 Å². The van der Waals surface area contributed by atoms with Crippen LogP contribution in [0.1, 0.15) is 27.7 Å². The van der Waals surface area contributed by atoms with E-state index in [-0.39, 0.29) is 23.1 Å². The SMILES string of the molecule is CCOc1ccc(-n2c(SCC(=O)N[C@](C)(C#N)C(C)C)nc3ccccc3c2=O)cc1. The zero-order valence-corrected chi connectivity index (χ0v) is 19.4. The first-order valence-electron chi connectivity index (χ1n) is 10.4. The van der Waals surface area contributed by atoms with E-state index in [2.05, 4.69) is 16.4 Å². The summed E-state index contributed by atoms with van der Waals surface area (Å²) in [5, 5.41) is 13.1. The minimum absolute atomic E-state index is 0.0196. The molecule has 0 aliphatic carbocycles. The largest absolute Gasteiger partial charge is 0.494 e. The Morgan fingerprint density at radius 1 is 1.25 bits per heavy atom. The van der Waals surface area contributed by atoms with Crippen molar-refractivity contribution < 1.29 is 9.53 Å². The predicted molar refractivity (Wildman–Crippen MR) is 126 cm³/mol. The molecular formula is C24H26N4O3S. The van der Waals surface area contributed by atoms with Gasteiger partial charge in [0, 0.05) is 0 Å². The third-order valence-electron chi connectivity index (χ3n) is 5.27. The Labute approximate surface area is 191 Å². The van der Waals surface area contributed by atoms with Gasteiger partial charge in [-0.3, -0.25) is 14.2 Å². The van der Waals surface area contributed by atoms with Crippen LogP contribution in [0.4, 0.5) is 0 Å². The lowest BCUT2D eigenvalue weighted by Gasteiger charge is -2.27. The number of hydrogen-bond donors (Lipinski definition) is 1. The number of nitriles is 1. The highest BCUT2D eigenvalue weighted by atomic mass is 32.2. The number of nitrogens with one attached hydrogen (secondary N) is 1. The molecule has 1 amide bonds. The summed E-state index contributed by atoms with van der Waals surface area (Å²) in [7, 11) is 0. The lowest BCUT2D eigenvalue weighted by Crippen LogP contribution is -2.49. The van der Waals surface area contributed by atoms with Gasteiger partial charge in [0.2, 0.25) is 5.91 Å². The number of para-hydroxylation sites is 1. The number of carbonyl (C=O) groups excluding carboxylic acids is 1. The Balaban J connectivity index is 1.97. The van der Waals surface area contributed by atoms with Crippen molar-refractivity contribution in [3.8, 4) is 17.5 Å². The second kappa shape index (κ2) is 9.88. The maximum Gasteiger partial charge on any atom is 0.266 e. The molecule has 2 aromatic carbocycles.